The van der Waals surface area contributed by atoms with E-state index in [0.717, 1.165) is 4.90 Å². The fraction of sp³-hybridized carbons (Fsp3) is 0. The number of nitrogens with zero attached hydrogens (tertiary/aromatic N) is 3. The van der Waals surface area contributed by atoms with Crippen molar-refractivity contribution in [2.45, 2.75) is 9.99 Å². The molecule has 1 aromatic carbocycles. The molecule has 1 amide bonds. The molecule has 9 heteroatoms. The van der Waals surface area contributed by atoms with Crippen molar-refractivity contribution in [2.24, 2.45) is 10.1 Å². The lowest BCUT2D eigenvalue weighted by molar-refractivity contribution is -0.114. The first kappa shape index (κ1) is 16.2. The third-order valence-corrected chi connectivity index (χ3v) is 5.17. The fourth-order valence-electron chi connectivity index (χ4n) is 2.16. The second kappa shape index (κ2) is 6.55. The topological polar surface area (TPSA) is 82.0 Å². The Morgan fingerprint density at radius 1 is 1.24 bits per heavy atom. The summed E-state index contributed by atoms with van der Waals surface area (Å²) in [6.45, 7) is 0. The van der Waals surface area contributed by atoms with E-state index >= 15 is 0 Å². The molecule has 6 nitrogen and oxygen atoms in total. The van der Waals surface area contributed by atoms with Crippen molar-refractivity contribution in [2.75, 3.05) is 0 Å². The first-order chi connectivity index (χ1) is 12.1. The van der Waals surface area contributed by atoms with Crippen LogP contribution in [0.3, 0.4) is 0 Å². The molecule has 0 bridgehead atoms. The molecule has 2 aromatic rings. The number of hydrogen-bond acceptors (Lipinski definition) is 6. The van der Waals surface area contributed by atoms with E-state index in [1.54, 1.807) is 12.1 Å². The van der Waals surface area contributed by atoms with Crippen molar-refractivity contribution in [3.8, 4) is 0 Å². The van der Waals surface area contributed by atoms with Crippen LogP contribution in [0.5, 0.6) is 0 Å². The van der Waals surface area contributed by atoms with E-state index in [0.29, 0.717) is 21.0 Å². The Bertz CT molecular complexity index is 963. The number of fused-ring (bicyclic) bond motifs is 1. The summed E-state index contributed by atoms with van der Waals surface area (Å²) in [6.07, 6.45) is 1.51. The average Bonchev–Trinajstić information content (AvgIpc) is 3.23. The molecule has 0 aliphatic carbocycles. The summed E-state index contributed by atoms with van der Waals surface area (Å²) >= 11 is 8.52. The Balaban J connectivity index is 1.57. The van der Waals surface area contributed by atoms with Gasteiger partial charge in [-0.05, 0) is 54.2 Å². The molecule has 0 unspecified atom stereocenters. The minimum Gasteiger partial charge on any atom is -0.450 e. The van der Waals surface area contributed by atoms with Crippen LogP contribution in [-0.2, 0) is 4.79 Å². The maximum absolute atomic E-state index is 12.1. The maximum Gasteiger partial charge on any atom is 0.283 e. The quantitative estimate of drug-likeness (QED) is 0.791. The van der Waals surface area contributed by atoms with E-state index in [1.807, 2.05) is 24.3 Å². The van der Waals surface area contributed by atoms with E-state index in [1.165, 1.54) is 40.2 Å². The summed E-state index contributed by atoms with van der Waals surface area (Å²) < 4.78 is 5.72. The molecule has 0 saturated heterocycles. The van der Waals surface area contributed by atoms with Crippen LogP contribution in [-0.4, -0.2) is 27.5 Å². The number of thioether (sulfide) groups is 1. The number of rotatable bonds is 3. The number of benzene rings is 1. The molecule has 124 valence electrons. The Morgan fingerprint density at radius 2 is 2.04 bits per heavy atom. The smallest absolute Gasteiger partial charge is 0.283 e. The van der Waals surface area contributed by atoms with Crippen molar-refractivity contribution in [3.05, 3.63) is 52.8 Å². The summed E-state index contributed by atoms with van der Waals surface area (Å²) in [6, 6.07) is 11.0. The summed E-state index contributed by atoms with van der Waals surface area (Å²) in [5.41, 5.74) is 1.68. The van der Waals surface area contributed by atoms with Crippen molar-refractivity contribution in [3.63, 3.8) is 0 Å². The van der Waals surface area contributed by atoms with Crippen LogP contribution in [0.25, 0.3) is 6.08 Å². The summed E-state index contributed by atoms with van der Waals surface area (Å²) in [7, 11) is 0. The van der Waals surface area contributed by atoms with Gasteiger partial charge in [-0.25, -0.2) is 0 Å². The second-order valence-corrected chi connectivity index (χ2v) is 7.30. The minimum atomic E-state index is -0.474. The van der Waals surface area contributed by atoms with Crippen molar-refractivity contribution >= 4 is 63.7 Å². The molecule has 1 aromatic heterocycles. The monoisotopic (exact) mass is 388 g/mol. The molecule has 2 aliphatic rings. The highest BCUT2D eigenvalue weighted by molar-refractivity contribution is 8.25. The second-order valence-electron chi connectivity index (χ2n) is 4.97. The zero-order chi connectivity index (χ0) is 17.4. The van der Waals surface area contributed by atoms with Crippen LogP contribution < -0.4 is 0 Å². The van der Waals surface area contributed by atoms with Gasteiger partial charge in [0.25, 0.3) is 5.91 Å². The van der Waals surface area contributed by atoms with Crippen LogP contribution in [0.2, 0.25) is 5.02 Å². The number of halogens is 1. The van der Waals surface area contributed by atoms with Crippen LogP contribution in [0.15, 0.2) is 66.5 Å². The van der Waals surface area contributed by atoms with E-state index in [9.17, 15) is 4.79 Å². The fourth-order valence-corrected chi connectivity index (χ4v) is 3.68. The minimum absolute atomic E-state index is 0.0143. The SMILES string of the molecule is N=C1C(=Cc2ccc(Sc3ccc(Cl)cc3)o2)C(=O)N=C2SC=NN12. The number of hydrogen-bond donors (Lipinski definition) is 1. The summed E-state index contributed by atoms with van der Waals surface area (Å²) in [5, 5.41) is 15.2. The van der Waals surface area contributed by atoms with Crippen molar-refractivity contribution in [1.29, 1.82) is 5.41 Å². The number of carbonyl (C=O) groups excluding carboxylic acids is 1. The molecule has 2 aliphatic heterocycles. The first-order valence-corrected chi connectivity index (χ1v) is 9.14. The summed E-state index contributed by atoms with van der Waals surface area (Å²) in [4.78, 5) is 17.0. The predicted octanol–water partition coefficient (Wildman–Crippen LogP) is 4.33. The molecule has 3 heterocycles. The first-order valence-electron chi connectivity index (χ1n) is 7.06. The number of furan rings is 1. The van der Waals surface area contributed by atoms with Crippen LogP contribution in [0.1, 0.15) is 5.76 Å². The van der Waals surface area contributed by atoms with Gasteiger partial charge in [-0.15, -0.1) is 0 Å². The van der Waals surface area contributed by atoms with Gasteiger partial charge in [0.2, 0.25) is 0 Å². The molecule has 0 atom stereocenters. The Kier molecular flexibility index (Phi) is 4.24. The van der Waals surface area contributed by atoms with Crippen molar-refractivity contribution < 1.29 is 9.21 Å². The van der Waals surface area contributed by atoms with E-state index in [-0.39, 0.29) is 11.4 Å². The molecule has 0 spiro atoms. The van der Waals surface area contributed by atoms with Gasteiger partial charge < -0.3 is 4.42 Å². The Morgan fingerprint density at radius 3 is 2.84 bits per heavy atom. The van der Waals surface area contributed by atoms with E-state index in [2.05, 4.69) is 10.1 Å². The van der Waals surface area contributed by atoms with Gasteiger partial charge >= 0.3 is 0 Å². The number of hydrazone groups is 1. The lowest BCUT2D eigenvalue weighted by atomic mass is 10.1. The third-order valence-electron chi connectivity index (χ3n) is 3.32. The number of aliphatic imine (C=N–C) groups is 1. The lowest BCUT2D eigenvalue weighted by Gasteiger charge is -2.19. The zero-order valence-electron chi connectivity index (χ0n) is 12.5. The van der Waals surface area contributed by atoms with Gasteiger partial charge in [-0.3, -0.25) is 10.2 Å². The molecule has 0 fully saturated rings. The summed E-state index contributed by atoms with van der Waals surface area (Å²) in [5.74, 6) is -0.0175. The number of amidine groups is 2. The van der Waals surface area contributed by atoms with Crippen LogP contribution in [0, 0.1) is 5.41 Å². The Labute approximate surface area is 156 Å². The highest BCUT2D eigenvalue weighted by Crippen LogP contribution is 2.31. The molecule has 0 saturated carbocycles. The molecule has 25 heavy (non-hydrogen) atoms. The number of amides is 1. The molecule has 0 radical (unpaired) electrons. The van der Waals surface area contributed by atoms with E-state index in [4.69, 9.17) is 21.4 Å². The molecule has 4 rings (SSSR count). The molecule has 1 N–H and O–H groups in total. The largest absolute Gasteiger partial charge is 0.450 e. The average molecular weight is 389 g/mol. The van der Waals surface area contributed by atoms with Gasteiger partial charge in [-0.1, -0.05) is 23.4 Å². The zero-order valence-corrected chi connectivity index (χ0v) is 14.9. The number of nitrogens with one attached hydrogen (secondary N) is 1. The normalized spacial score (nSPS) is 18.0. The lowest BCUT2D eigenvalue weighted by Crippen LogP contribution is -2.35. The van der Waals surface area contributed by atoms with Gasteiger partial charge in [0, 0.05) is 9.92 Å². The van der Waals surface area contributed by atoms with Crippen LogP contribution >= 0.6 is 35.1 Å². The standard InChI is InChI=1S/C16H9ClN4O2S2/c17-9-1-4-11(5-2-9)25-13-6-3-10(23-13)7-12-14(18)21-16(20-15(12)22)24-8-19-21/h1-8,18H. The highest BCUT2D eigenvalue weighted by atomic mass is 35.5. The molecular formula is C16H9ClN4O2S2. The molecular weight excluding hydrogens is 380 g/mol. The van der Waals surface area contributed by atoms with Gasteiger partial charge in [0.1, 0.15) is 5.76 Å². The van der Waals surface area contributed by atoms with Gasteiger partial charge in [0.15, 0.2) is 16.1 Å². The van der Waals surface area contributed by atoms with Crippen molar-refractivity contribution in [1.82, 2.24) is 5.01 Å². The van der Waals surface area contributed by atoms with Gasteiger partial charge in [0.05, 0.1) is 11.1 Å². The Hall–Kier alpha value is -2.29. The highest BCUT2D eigenvalue weighted by Gasteiger charge is 2.32. The van der Waals surface area contributed by atoms with Crippen LogP contribution in [0.4, 0.5) is 0 Å². The number of carbonyl (C=O) groups is 1. The van der Waals surface area contributed by atoms with E-state index < -0.39 is 5.91 Å². The maximum atomic E-state index is 12.1. The van der Waals surface area contributed by atoms with Gasteiger partial charge in [-0.2, -0.15) is 15.1 Å². The third kappa shape index (κ3) is 3.28. The predicted molar refractivity (Wildman–Crippen MR) is 100 cm³/mol.